The molecule has 1 unspecified atom stereocenters. The molecule has 4 heteroatoms. The van der Waals surface area contributed by atoms with Crippen molar-refractivity contribution in [2.24, 2.45) is 0 Å². The maximum Gasteiger partial charge on any atom is 0.251 e. The van der Waals surface area contributed by atoms with Gasteiger partial charge in [-0.25, -0.2) is 0 Å². The van der Waals surface area contributed by atoms with E-state index in [1.165, 1.54) is 11.1 Å². The van der Waals surface area contributed by atoms with E-state index in [0.29, 0.717) is 26.4 Å². The SMILES string of the molecule is Cc1cccc(CCNC(=O)C2COCCO2)c1. The highest BCUT2D eigenvalue weighted by atomic mass is 16.6. The van der Waals surface area contributed by atoms with Crippen LogP contribution in [0.3, 0.4) is 0 Å². The van der Waals surface area contributed by atoms with Crippen LogP contribution in [0.1, 0.15) is 11.1 Å². The lowest BCUT2D eigenvalue weighted by molar-refractivity contribution is -0.147. The van der Waals surface area contributed by atoms with E-state index in [4.69, 9.17) is 9.47 Å². The summed E-state index contributed by atoms with van der Waals surface area (Å²) in [5.41, 5.74) is 2.47. The number of aryl methyl sites for hydroxylation is 1. The molecule has 1 saturated heterocycles. The van der Waals surface area contributed by atoms with E-state index < -0.39 is 6.10 Å². The predicted molar refractivity (Wildman–Crippen MR) is 68.5 cm³/mol. The van der Waals surface area contributed by atoms with Gasteiger partial charge in [0, 0.05) is 6.54 Å². The van der Waals surface area contributed by atoms with E-state index in [-0.39, 0.29) is 5.91 Å². The quantitative estimate of drug-likeness (QED) is 0.868. The third-order valence-corrected chi connectivity index (χ3v) is 2.90. The Hall–Kier alpha value is -1.39. The monoisotopic (exact) mass is 249 g/mol. The standard InChI is InChI=1S/C14H19NO3/c1-11-3-2-4-12(9-11)5-6-15-14(16)13-10-17-7-8-18-13/h2-4,9,13H,5-8,10H2,1H3,(H,15,16). The van der Waals surface area contributed by atoms with Gasteiger partial charge in [-0.3, -0.25) is 4.79 Å². The van der Waals surface area contributed by atoms with Crippen LogP contribution in [-0.4, -0.2) is 38.4 Å². The van der Waals surface area contributed by atoms with Crippen LogP contribution in [0.25, 0.3) is 0 Å². The molecular weight excluding hydrogens is 230 g/mol. The van der Waals surface area contributed by atoms with Gasteiger partial charge in [0.25, 0.3) is 5.91 Å². The molecule has 1 amide bonds. The number of rotatable bonds is 4. The number of carbonyl (C=O) groups is 1. The molecule has 1 atom stereocenters. The number of hydrogen-bond donors (Lipinski definition) is 1. The van der Waals surface area contributed by atoms with Gasteiger partial charge >= 0.3 is 0 Å². The molecule has 1 aromatic rings. The Bertz CT molecular complexity index is 400. The van der Waals surface area contributed by atoms with Crippen molar-refractivity contribution in [3.05, 3.63) is 35.4 Å². The topological polar surface area (TPSA) is 47.6 Å². The van der Waals surface area contributed by atoms with Crippen LogP contribution in [0.2, 0.25) is 0 Å². The highest BCUT2D eigenvalue weighted by molar-refractivity contribution is 5.80. The van der Waals surface area contributed by atoms with E-state index in [0.717, 1.165) is 6.42 Å². The Morgan fingerprint density at radius 1 is 1.44 bits per heavy atom. The highest BCUT2D eigenvalue weighted by Crippen LogP contribution is 2.04. The molecule has 1 fully saturated rings. The predicted octanol–water partition coefficient (Wildman–Crippen LogP) is 1.07. The van der Waals surface area contributed by atoms with Gasteiger partial charge in [-0.15, -0.1) is 0 Å². The average Bonchev–Trinajstić information content (AvgIpc) is 2.40. The molecule has 0 radical (unpaired) electrons. The fraction of sp³-hybridized carbons (Fsp3) is 0.500. The molecular formula is C14H19NO3. The molecule has 1 N–H and O–H groups in total. The molecule has 1 aliphatic rings. The van der Waals surface area contributed by atoms with Crippen molar-refractivity contribution in [1.29, 1.82) is 0 Å². The molecule has 1 heterocycles. The number of ether oxygens (including phenoxy) is 2. The van der Waals surface area contributed by atoms with Crippen LogP contribution in [0, 0.1) is 6.92 Å². The second-order valence-electron chi connectivity index (χ2n) is 4.46. The van der Waals surface area contributed by atoms with Crippen LogP contribution in [0.5, 0.6) is 0 Å². The van der Waals surface area contributed by atoms with Crippen LogP contribution < -0.4 is 5.32 Å². The summed E-state index contributed by atoms with van der Waals surface area (Å²) in [5.74, 6) is -0.0812. The molecule has 98 valence electrons. The lowest BCUT2D eigenvalue weighted by atomic mass is 10.1. The number of carbonyl (C=O) groups excluding carboxylic acids is 1. The van der Waals surface area contributed by atoms with Gasteiger partial charge in [-0.1, -0.05) is 29.8 Å². The Morgan fingerprint density at radius 2 is 2.33 bits per heavy atom. The first-order chi connectivity index (χ1) is 8.75. The Balaban J connectivity index is 1.73. The molecule has 4 nitrogen and oxygen atoms in total. The normalized spacial score (nSPS) is 19.5. The summed E-state index contributed by atoms with van der Waals surface area (Å²) in [7, 11) is 0. The van der Waals surface area contributed by atoms with Gasteiger partial charge in [-0.2, -0.15) is 0 Å². The first-order valence-electron chi connectivity index (χ1n) is 6.28. The summed E-state index contributed by atoms with van der Waals surface area (Å²) in [6.07, 6.45) is 0.386. The lowest BCUT2D eigenvalue weighted by Crippen LogP contribution is -2.43. The summed E-state index contributed by atoms with van der Waals surface area (Å²) in [6, 6.07) is 8.30. The van der Waals surface area contributed by atoms with E-state index in [1.807, 2.05) is 6.07 Å². The van der Waals surface area contributed by atoms with Crippen LogP contribution in [-0.2, 0) is 20.7 Å². The second-order valence-corrected chi connectivity index (χ2v) is 4.46. The van der Waals surface area contributed by atoms with Crippen molar-refractivity contribution < 1.29 is 14.3 Å². The second kappa shape index (κ2) is 6.52. The fourth-order valence-electron chi connectivity index (χ4n) is 1.95. The Labute approximate surface area is 107 Å². The summed E-state index contributed by atoms with van der Waals surface area (Å²) in [6.45, 7) is 4.12. The van der Waals surface area contributed by atoms with Crippen LogP contribution in [0.15, 0.2) is 24.3 Å². The molecule has 0 spiro atoms. The van der Waals surface area contributed by atoms with E-state index in [2.05, 4.69) is 30.4 Å². The van der Waals surface area contributed by atoms with Crippen molar-refractivity contribution >= 4 is 5.91 Å². The van der Waals surface area contributed by atoms with Gasteiger partial charge in [0.15, 0.2) is 6.10 Å². The zero-order chi connectivity index (χ0) is 12.8. The summed E-state index contributed by atoms with van der Waals surface area (Å²) >= 11 is 0. The number of hydrogen-bond acceptors (Lipinski definition) is 3. The minimum absolute atomic E-state index is 0.0812. The zero-order valence-corrected chi connectivity index (χ0v) is 10.6. The van der Waals surface area contributed by atoms with Gasteiger partial charge in [0.05, 0.1) is 19.8 Å². The molecule has 0 aromatic heterocycles. The van der Waals surface area contributed by atoms with Crippen molar-refractivity contribution in [1.82, 2.24) is 5.32 Å². The van der Waals surface area contributed by atoms with Crippen LogP contribution in [0.4, 0.5) is 0 Å². The average molecular weight is 249 g/mol. The lowest BCUT2D eigenvalue weighted by Gasteiger charge is -2.22. The van der Waals surface area contributed by atoms with E-state index in [1.54, 1.807) is 0 Å². The van der Waals surface area contributed by atoms with Gasteiger partial charge in [0.1, 0.15) is 0 Å². The van der Waals surface area contributed by atoms with Crippen molar-refractivity contribution in [3.63, 3.8) is 0 Å². The molecule has 2 rings (SSSR count). The summed E-state index contributed by atoms with van der Waals surface area (Å²) in [4.78, 5) is 11.7. The van der Waals surface area contributed by atoms with Crippen molar-refractivity contribution in [2.45, 2.75) is 19.4 Å². The number of nitrogens with one attached hydrogen (secondary N) is 1. The Morgan fingerprint density at radius 3 is 3.06 bits per heavy atom. The van der Waals surface area contributed by atoms with Gasteiger partial charge < -0.3 is 14.8 Å². The van der Waals surface area contributed by atoms with Gasteiger partial charge in [0.2, 0.25) is 0 Å². The minimum Gasteiger partial charge on any atom is -0.376 e. The van der Waals surface area contributed by atoms with Crippen molar-refractivity contribution in [3.8, 4) is 0 Å². The summed E-state index contributed by atoms with van der Waals surface area (Å²) in [5, 5.41) is 2.88. The van der Waals surface area contributed by atoms with Gasteiger partial charge in [-0.05, 0) is 18.9 Å². The molecule has 0 saturated carbocycles. The maximum absolute atomic E-state index is 11.7. The fourth-order valence-corrected chi connectivity index (χ4v) is 1.95. The molecule has 1 aromatic carbocycles. The third kappa shape index (κ3) is 3.82. The van der Waals surface area contributed by atoms with E-state index in [9.17, 15) is 4.79 Å². The van der Waals surface area contributed by atoms with Crippen LogP contribution >= 0.6 is 0 Å². The first kappa shape index (κ1) is 13.1. The molecule has 1 aliphatic heterocycles. The largest absolute Gasteiger partial charge is 0.376 e. The van der Waals surface area contributed by atoms with E-state index >= 15 is 0 Å². The molecule has 18 heavy (non-hydrogen) atoms. The zero-order valence-electron chi connectivity index (χ0n) is 10.6. The number of benzene rings is 1. The molecule has 0 bridgehead atoms. The van der Waals surface area contributed by atoms with Crippen molar-refractivity contribution in [2.75, 3.05) is 26.4 Å². The smallest absolute Gasteiger partial charge is 0.251 e. The maximum atomic E-state index is 11.7. The third-order valence-electron chi connectivity index (χ3n) is 2.90. The summed E-state index contributed by atoms with van der Waals surface area (Å²) < 4.78 is 10.5. The first-order valence-corrected chi connectivity index (χ1v) is 6.28. The Kier molecular flexibility index (Phi) is 4.73. The minimum atomic E-state index is -0.448. The number of amides is 1. The highest BCUT2D eigenvalue weighted by Gasteiger charge is 2.21. The molecule has 0 aliphatic carbocycles.